The lowest BCUT2D eigenvalue weighted by Crippen LogP contribution is -2.28. The summed E-state index contributed by atoms with van der Waals surface area (Å²) in [7, 11) is 0. The number of anilines is 2. The van der Waals surface area contributed by atoms with E-state index in [1.165, 1.54) is 35.6 Å². The zero-order valence-electron chi connectivity index (χ0n) is 16.6. The highest BCUT2D eigenvalue weighted by Gasteiger charge is 2.11. The second-order valence-electron chi connectivity index (χ2n) is 6.60. The van der Waals surface area contributed by atoms with Crippen molar-refractivity contribution in [3.63, 3.8) is 0 Å². The van der Waals surface area contributed by atoms with Crippen LogP contribution in [-0.4, -0.2) is 27.1 Å². The highest BCUT2D eigenvalue weighted by atomic mass is 32.1. The number of aromatic nitrogens is 3. The van der Waals surface area contributed by atoms with Gasteiger partial charge in [-0.15, -0.1) is 10.2 Å². The Morgan fingerprint density at radius 2 is 1.78 bits per heavy atom. The van der Waals surface area contributed by atoms with Crippen LogP contribution in [0, 0.1) is 5.82 Å². The summed E-state index contributed by atoms with van der Waals surface area (Å²) in [6.07, 6.45) is 1.66. The zero-order chi connectivity index (χ0) is 22.3. The van der Waals surface area contributed by atoms with Crippen molar-refractivity contribution in [1.82, 2.24) is 20.5 Å². The number of nitrogens with zero attached hydrogens (tertiary/aromatic N) is 3. The van der Waals surface area contributed by atoms with Crippen molar-refractivity contribution in [3.05, 3.63) is 89.9 Å². The molecule has 10 heteroatoms. The number of halogens is 1. The zero-order valence-corrected chi connectivity index (χ0v) is 17.4. The van der Waals surface area contributed by atoms with Crippen molar-refractivity contribution in [2.24, 2.45) is 0 Å². The van der Waals surface area contributed by atoms with Gasteiger partial charge in [-0.05, 0) is 54.1 Å². The van der Waals surface area contributed by atoms with Crippen LogP contribution in [0.5, 0.6) is 0 Å². The lowest BCUT2D eigenvalue weighted by Gasteiger charge is -2.09. The monoisotopic (exact) mass is 448 g/mol. The maximum absolute atomic E-state index is 13.0. The molecule has 3 amide bonds. The summed E-state index contributed by atoms with van der Waals surface area (Å²) < 4.78 is 13.0. The Kier molecular flexibility index (Phi) is 6.42. The average Bonchev–Trinajstić information content (AvgIpc) is 3.27. The fourth-order valence-electron chi connectivity index (χ4n) is 2.75. The van der Waals surface area contributed by atoms with Crippen molar-refractivity contribution in [2.45, 2.75) is 6.54 Å². The average molecular weight is 448 g/mol. The molecule has 0 spiro atoms. The van der Waals surface area contributed by atoms with Gasteiger partial charge in [0.1, 0.15) is 11.5 Å². The van der Waals surface area contributed by atoms with Crippen LogP contribution in [0.15, 0.2) is 72.9 Å². The number of carbonyl (C=O) groups is 2. The minimum Gasteiger partial charge on any atom is -0.334 e. The second-order valence-corrected chi connectivity index (χ2v) is 7.57. The lowest BCUT2D eigenvalue weighted by molar-refractivity contribution is 0.102. The molecule has 0 aliphatic carbocycles. The van der Waals surface area contributed by atoms with Gasteiger partial charge in [-0.3, -0.25) is 15.1 Å². The van der Waals surface area contributed by atoms with Gasteiger partial charge < -0.3 is 10.6 Å². The summed E-state index contributed by atoms with van der Waals surface area (Å²) in [5.74, 6) is -0.762. The molecule has 32 heavy (non-hydrogen) atoms. The smallest absolute Gasteiger partial charge is 0.321 e. The molecule has 0 unspecified atom stereocenters. The van der Waals surface area contributed by atoms with Crippen molar-refractivity contribution in [1.29, 1.82) is 0 Å². The topological polar surface area (TPSA) is 109 Å². The predicted molar refractivity (Wildman–Crippen MR) is 120 cm³/mol. The number of urea groups is 1. The Morgan fingerprint density at radius 1 is 0.938 bits per heavy atom. The molecule has 0 atom stereocenters. The van der Waals surface area contributed by atoms with E-state index in [1.54, 1.807) is 30.5 Å². The Bertz CT molecular complexity index is 1230. The van der Waals surface area contributed by atoms with Gasteiger partial charge in [-0.2, -0.15) is 0 Å². The fraction of sp³-hybridized carbons (Fsp3) is 0.0455. The van der Waals surface area contributed by atoms with Gasteiger partial charge >= 0.3 is 6.03 Å². The number of amides is 3. The van der Waals surface area contributed by atoms with E-state index in [0.717, 1.165) is 5.56 Å². The third kappa shape index (κ3) is 5.49. The number of rotatable bonds is 6. The van der Waals surface area contributed by atoms with Crippen LogP contribution in [0.3, 0.4) is 0 Å². The number of hydrogen-bond donors (Lipinski definition) is 3. The molecule has 3 N–H and O–H groups in total. The largest absolute Gasteiger partial charge is 0.334 e. The van der Waals surface area contributed by atoms with Crippen LogP contribution in [0.4, 0.5) is 20.0 Å². The molecule has 8 nitrogen and oxygen atoms in total. The Hall–Kier alpha value is -4.18. The quantitative estimate of drug-likeness (QED) is 0.407. The Morgan fingerprint density at radius 3 is 2.56 bits per heavy atom. The third-order valence-corrected chi connectivity index (χ3v) is 5.14. The van der Waals surface area contributed by atoms with E-state index in [1.807, 2.05) is 18.2 Å². The highest BCUT2D eigenvalue weighted by Crippen LogP contribution is 2.24. The summed E-state index contributed by atoms with van der Waals surface area (Å²) in [6, 6.07) is 17.4. The van der Waals surface area contributed by atoms with Crippen LogP contribution in [0.2, 0.25) is 0 Å². The van der Waals surface area contributed by atoms with Gasteiger partial charge in [0.2, 0.25) is 5.13 Å². The predicted octanol–water partition coefficient (Wildman–Crippen LogP) is 4.31. The SMILES string of the molecule is O=C(NCc1cccc(NC(=O)c2ccc(F)cc2)c1)Nc1nnc(-c2ccccn2)s1. The summed E-state index contributed by atoms with van der Waals surface area (Å²) in [4.78, 5) is 28.7. The van der Waals surface area contributed by atoms with Gasteiger partial charge in [-0.1, -0.05) is 29.5 Å². The molecule has 2 aromatic heterocycles. The number of carbonyl (C=O) groups excluding carboxylic acids is 2. The van der Waals surface area contributed by atoms with Gasteiger partial charge in [0.25, 0.3) is 5.91 Å². The van der Waals surface area contributed by atoms with Crippen LogP contribution in [0.1, 0.15) is 15.9 Å². The first-order valence-corrected chi connectivity index (χ1v) is 10.3. The molecule has 0 saturated heterocycles. The van der Waals surface area contributed by atoms with Crippen molar-refractivity contribution in [3.8, 4) is 10.7 Å². The van der Waals surface area contributed by atoms with Crippen LogP contribution < -0.4 is 16.0 Å². The molecule has 0 bridgehead atoms. The Labute approximate surface area is 186 Å². The van der Waals surface area contributed by atoms with Gasteiger partial charge in [0.15, 0.2) is 5.01 Å². The van der Waals surface area contributed by atoms with Crippen LogP contribution in [-0.2, 0) is 6.54 Å². The maximum Gasteiger partial charge on any atom is 0.321 e. The summed E-state index contributed by atoms with van der Waals surface area (Å²) >= 11 is 1.22. The first-order valence-electron chi connectivity index (χ1n) is 9.52. The van der Waals surface area contributed by atoms with E-state index in [2.05, 4.69) is 31.1 Å². The van der Waals surface area contributed by atoms with Crippen LogP contribution in [0.25, 0.3) is 10.7 Å². The molecule has 4 aromatic rings. The number of nitrogens with one attached hydrogen (secondary N) is 3. The van der Waals surface area contributed by atoms with Crippen LogP contribution >= 0.6 is 11.3 Å². The van der Waals surface area contributed by atoms with Crippen molar-refractivity contribution < 1.29 is 14.0 Å². The molecule has 0 aliphatic rings. The number of hydrogen-bond acceptors (Lipinski definition) is 6. The molecule has 0 fully saturated rings. The fourth-order valence-corrected chi connectivity index (χ4v) is 3.47. The van der Waals surface area contributed by atoms with E-state index in [-0.39, 0.29) is 12.5 Å². The van der Waals surface area contributed by atoms with E-state index < -0.39 is 11.8 Å². The maximum atomic E-state index is 13.0. The van der Waals surface area contributed by atoms with Gasteiger partial charge in [0, 0.05) is 24.0 Å². The van der Waals surface area contributed by atoms with E-state index >= 15 is 0 Å². The first kappa shape index (κ1) is 21.1. The minimum atomic E-state index is -0.436. The molecular weight excluding hydrogens is 431 g/mol. The van der Waals surface area contributed by atoms with Crippen molar-refractivity contribution in [2.75, 3.05) is 10.6 Å². The highest BCUT2D eigenvalue weighted by molar-refractivity contribution is 7.18. The molecule has 160 valence electrons. The van der Waals surface area contributed by atoms with E-state index in [4.69, 9.17) is 0 Å². The molecule has 2 aromatic carbocycles. The first-order chi connectivity index (χ1) is 15.6. The summed E-state index contributed by atoms with van der Waals surface area (Å²) in [5.41, 5.74) is 2.36. The van der Waals surface area contributed by atoms with Crippen molar-refractivity contribution >= 4 is 34.1 Å². The molecule has 0 radical (unpaired) electrons. The molecule has 0 saturated carbocycles. The summed E-state index contributed by atoms with van der Waals surface area (Å²) in [5, 5.41) is 17.1. The minimum absolute atomic E-state index is 0.234. The Balaban J connectivity index is 1.31. The van der Waals surface area contributed by atoms with E-state index in [0.29, 0.717) is 27.1 Å². The second kappa shape index (κ2) is 9.75. The lowest BCUT2D eigenvalue weighted by atomic mass is 10.1. The van der Waals surface area contributed by atoms with Gasteiger partial charge in [-0.25, -0.2) is 9.18 Å². The molecular formula is C22H17FN6O2S. The standard InChI is InChI=1S/C22H17FN6O2S/c23-16-9-7-15(8-10-16)19(30)26-17-5-3-4-14(12-17)13-25-21(31)27-22-29-28-20(32-22)18-6-1-2-11-24-18/h1-12H,13H2,(H,26,30)(H2,25,27,29,31). The number of benzene rings is 2. The normalized spacial score (nSPS) is 10.4. The molecule has 2 heterocycles. The molecule has 0 aliphatic heterocycles. The number of pyridine rings is 1. The third-order valence-electron chi connectivity index (χ3n) is 4.27. The summed E-state index contributed by atoms with van der Waals surface area (Å²) in [6.45, 7) is 0.234. The van der Waals surface area contributed by atoms with Gasteiger partial charge in [0.05, 0.1) is 0 Å². The molecule has 4 rings (SSSR count). The van der Waals surface area contributed by atoms with E-state index in [9.17, 15) is 14.0 Å².